The van der Waals surface area contributed by atoms with Gasteiger partial charge in [0.15, 0.2) is 0 Å². The summed E-state index contributed by atoms with van der Waals surface area (Å²) in [5.74, 6) is -0.0614. The van der Waals surface area contributed by atoms with Gasteiger partial charge >= 0.3 is 0 Å². The molecule has 7 heteroatoms. The highest BCUT2D eigenvalue weighted by Gasteiger charge is 2.27. The summed E-state index contributed by atoms with van der Waals surface area (Å²) in [5.41, 5.74) is 4.09. The molecule has 1 aromatic heterocycles. The lowest BCUT2D eigenvalue weighted by atomic mass is 9.85. The van der Waals surface area contributed by atoms with Crippen molar-refractivity contribution in [3.05, 3.63) is 21.6 Å². The first-order chi connectivity index (χ1) is 9.31. The topological polar surface area (TPSA) is 90.0 Å². The van der Waals surface area contributed by atoms with Crippen LogP contribution in [0.1, 0.15) is 33.1 Å². The number of aromatic nitrogens is 2. The molecule has 0 spiro atoms. The van der Waals surface area contributed by atoms with E-state index in [1.807, 2.05) is 0 Å². The van der Waals surface area contributed by atoms with Gasteiger partial charge in [-0.25, -0.2) is 4.68 Å². The number of primary amides is 1. The average Bonchev–Trinajstić information content (AvgIpc) is 2.31. The van der Waals surface area contributed by atoms with E-state index in [4.69, 9.17) is 17.3 Å². The van der Waals surface area contributed by atoms with Gasteiger partial charge < -0.3 is 11.1 Å². The molecular formula is C13H19ClN4O2. The van der Waals surface area contributed by atoms with Crippen LogP contribution in [0.3, 0.4) is 0 Å². The van der Waals surface area contributed by atoms with Crippen LogP contribution >= 0.6 is 11.6 Å². The van der Waals surface area contributed by atoms with Crippen LogP contribution < -0.4 is 16.6 Å². The Bertz CT molecular complexity index is 578. The van der Waals surface area contributed by atoms with Crippen LogP contribution in [0.25, 0.3) is 0 Å². The predicted octanol–water partition coefficient (Wildman–Crippen LogP) is 1.37. The number of nitrogens with zero attached hydrogens (tertiary/aromatic N) is 2. The first-order valence-corrected chi connectivity index (χ1v) is 7.03. The molecular weight excluding hydrogens is 280 g/mol. The lowest BCUT2D eigenvalue weighted by molar-refractivity contribution is -0.121. The zero-order chi connectivity index (χ0) is 14.9. The number of halogens is 1. The van der Waals surface area contributed by atoms with E-state index < -0.39 is 11.4 Å². The first kappa shape index (κ1) is 14.8. The molecule has 3 N–H and O–H groups in total. The summed E-state index contributed by atoms with van der Waals surface area (Å²) >= 11 is 6.01. The van der Waals surface area contributed by atoms with E-state index in [1.54, 1.807) is 13.8 Å². The van der Waals surface area contributed by atoms with Crippen LogP contribution in [0.2, 0.25) is 5.02 Å². The predicted molar refractivity (Wildman–Crippen MR) is 77.7 cm³/mol. The number of carbonyl (C=O) groups is 1. The highest BCUT2D eigenvalue weighted by Crippen LogP contribution is 2.27. The molecule has 6 nitrogen and oxygen atoms in total. The molecule has 1 aliphatic rings. The second-order valence-electron chi connectivity index (χ2n) is 5.77. The Morgan fingerprint density at radius 3 is 2.75 bits per heavy atom. The highest BCUT2D eigenvalue weighted by molar-refractivity contribution is 6.33. The zero-order valence-corrected chi connectivity index (χ0v) is 12.4. The van der Waals surface area contributed by atoms with Crippen molar-refractivity contribution < 1.29 is 4.79 Å². The summed E-state index contributed by atoms with van der Waals surface area (Å²) in [6.07, 6.45) is 4.85. The first-order valence-electron chi connectivity index (χ1n) is 6.65. The smallest absolute Gasteiger partial charge is 0.291 e. The Kier molecular flexibility index (Phi) is 4.04. The fraction of sp³-hybridized carbons (Fsp3) is 0.615. The molecule has 0 atom stereocenters. The number of nitrogens with two attached hydrogens (primary N) is 1. The van der Waals surface area contributed by atoms with Crippen molar-refractivity contribution in [3.8, 4) is 0 Å². The summed E-state index contributed by atoms with van der Waals surface area (Å²) in [6, 6.07) is 0. The van der Waals surface area contributed by atoms with Gasteiger partial charge in [0.05, 0.1) is 11.2 Å². The normalized spacial score (nSPS) is 15.8. The van der Waals surface area contributed by atoms with Crippen LogP contribution in [0, 0.1) is 5.92 Å². The fourth-order valence-corrected chi connectivity index (χ4v) is 2.18. The van der Waals surface area contributed by atoms with Gasteiger partial charge in [0.25, 0.3) is 5.56 Å². The quantitative estimate of drug-likeness (QED) is 0.859. The van der Waals surface area contributed by atoms with E-state index >= 15 is 0 Å². The largest absolute Gasteiger partial charge is 0.368 e. The van der Waals surface area contributed by atoms with E-state index in [0.29, 0.717) is 12.5 Å². The van der Waals surface area contributed by atoms with Crippen LogP contribution in [0.4, 0.5) is 5.69 Å². The minimum atomic E-state index is -1.06. The van der Waals surface area contributed by atoms with Crippen molar-refractivity contribution >= 4 is 23.2 Å². The molecule has 1 saturated carbocycles. The lowest BCUT2D eigenvalue weighted by Crippen LogP contribution is -2.47. The van der Waals surface area contributed by atoms with Gasteiger partial charge in [-0.3, -0.25) is 9.59 Å². The molecule has 1 aliphatic carbocycles. The third kappa shape index (κ3) is 2.95. The van der Waals surface area contributed by atoms with Crippen LogP contribution in [-0.4, -0.2) is 21.2 Å². The van der Waals surface area contributed by atoms with Crippen LogP contribution in [0.15, 0.2) is 11.0 Å². The van der Waals surface area contributed by atoms with Gasteiger partial charge in [-0.15, -0.1) is 0 Å². The molecule has 0 saturated heterocycles. The molecule has 1 aromatic rings. The van der Waals surface area contributed by atoms with Gasteiger partial charge in [0.1, 0.15) is 11.2 Å². The number of rotatable bonds is 5. The minimum absolute atomic E-state index is 0.171. The molecule has 0 aromatic carbocycles. The van der Waals surface area contributed by atoms with Crippen molar-refractivity contribution in [2.24, 2.45) is 11.7 Å². The zero-order valence-electron chi connectivity index (χ0n) is 11.6. The molecule has 110 valence electrons. The number of amides is 1. The molecule has 1 heterocycles. The molecule has 1 fully saturated rings. The summed E-state index contributed by atoms with van der Waals surface area (Å²) in [6.45, 7) is 3.78. The van der Waals surface area contributed by atoms with Crippen LogP contribution in [-0.2, 0) is 11.3 Å². The summed E-state index contributed by atoms with van der Waals surface area (Å²) in [4.78, 5) is 23.7. The average molecular weight is 299 g/mol. The van der Waals surface area contributed by atoms with Crippen molar-refractivity contribution in [1.82, 2.24) is 9.78 Å². The van der Waals surface area contributed by atoms with Gasteiger partial charge in [0.2, 0.25) is 5.91 Å². The maximum atomic E-state index is 12.4. The van der Waals surface area contributed by atoms with Crippen molar-refractivity contribution in [1.29, 1.82) is 0 Å². The second-order valence-corrected chi connectivity index (χ2v) is 6.17. The standard InChI is InChI=1S/C13H19ClN4O2/c1-13(2,12(15)20)17-10-9(14)6-16-18(11(10)19)7-8-4-3-5-8/h6,8,17H,3-5,7H2,1-2H3,(H2,15,20). The number of anilines is 1. The molecule has 0 bridgehead atoms. The van der Waals surface area contributed by atoms with E-state index in [2.05, 4.69) is 10.4 Å². The van der Waals surface area contributed by atoms with Crippen molar-refractivity contribution in [2.75, 3.05) is 5.32 Å². The highest BCUT2D eigenvalue weighted by atomic mass is 35.5. The number of hydrogen-bond donors (Lipinski definition) is 2. The van der Waals surface area contributed by atoms with Gasteiger partial charge in [0, 0.05) is 6.54 Å². The third-order valence-electron chi connectivity index (χ3n) is 3.71. The summed E-state index contributed by atoms with van der Waals surface area (Å²) in [5, 5.41) is 7.06. The third-order valence-corrected chi connectivity index (χ3v) is 3.99. The van der Waals surface area contributed by atoms with E-state index in [1.165, 1.54) is 17.3 Å². The Hall–Kier alpha value is -1.56. The van der Waals surface area contributed by atoms with Gasteiger partial charge in [-0.1, -0.05) is 18.0 Å². The Balaban J connectivity index is 2.29. The second kappa shape index (κ2) is 5.44. The molecule has 0 unspecified atom stereocenters. The van der Waals surface area contributed by atoms with Crippen molar-refractivity contribution in [2.45, 2.75) is 45.2 Å². The lowest BCUT2D eigenvalue weighted by Gasteiger charge is -2.27. The number of nitrogens with one attached hydrogen (secondary N) is 1. The van der Waals surface area contributed by atoms with E-state index in [-0.39, 0.29) is 16.3 Å². The monoisotopic (exact) mass is 298 g/mol. The minimum Gasteiger partial charge on any atom is -0.368 e. The summed E-state index contributed by atoms with van der Waals surface area (Å²) < 4.78 is 1.40. The number of hydrogen-bond acceptors (Lipinski definition) is 4. The SMILES string of the molecule is CC(C)(Nc1c(Cl)cnn(CC2CCC2)c1=O)C(N)=O. The maximum absolute atomic E-state index is 12.4. The molecule has 1 amide bonds. The fourth-order valence-electron chi connectivity index (χ4n) is 2.01. The Morgan fingerprint density at radius 2 is 2.25 bits per heavy atom. The number of carbonyl (C=O) groups excluding carboxylic acids is 1. The molecule has 0 aliphatic heterocycles. The molecule has 2 rings (SSSR count). The molecule has 0 radical (unpaired) electrons. The Morgan fingerprint density at radius 1 is 1.60 bits per heavy atom. The maximum Gasteiger partial charge on any atom is 0.291 e. The van der Waals surface area contributed by atoms with E-state index in [9.17, 15) is 9.59 Å². The Labute approximate surface area is 122 Å². The van der Waals surface area contributed by atoms with Gasteiger partial charge in [-0.05, 0) is 32.6 Å². The summed E-state index contributed by atoms with van der Waals surface area (Å²) in [7, 11) is 0. The van der Waals surface area contributed by atoms with Crippen molar-refractivity contribution in [3.63, 3.8) is 0 Å². The van der Waals surface area contributed by atoms with Gasteiger partial charge in [-0.2, -0.15) is 5.10 Å². The van der Waals surface area contributed by atoms with Crippen LogP contribution in [0.5, 0.6) is 0 Å². The molecule has 20 heavy (non-hydrogen) atoms. The van der Waals surface area contributed by atoms with E-state index in [0.717, 1.165) is 12.8 Å².